The normalized spacial score (nSPS) is 14.2. The smallest absolute Gasteiger partial charge is 0.138 e. The SMILES string of the molecule is C1=C(n2c3ccccc3c3cc4c5ccccc5n(-c5ccccc5)c4cc32)CC(c2nc(-c3ccccc3)cc(-c3ccccc3)n2)c2sc3ccccc3c21. The van der Waals surface area contributed by atoms with Crippen molar-refractivity contribution >= 4 is 76.8 Å². The molecule has 0 saturated carbocycles. The maximum atomic E-state index is 5.43. The number of hydrogen-bond acceptors (Lipinski definition) is 3. The standard InChI is InChI=1S/C52H34N4S/c1-4-16-33(17-5-1)44-31-45(34-18-6-2-7-19-34)54-52(53-44)43-29-36(28-42-39-24-12-15-27-50(39)57-51(42)43)56-47-26-14-11-23-38(47)41-30-40-37-22-10-13-25-46(37)55(48(40)32-49(41)56)35-20-8-3-9-21-35/h1-28,30-32,43H,29H2. The van der Waals surface area contributed by atoms with Crippen LogP contribution < -0.4 is 0 Å². The van der Waals surface area contributed by atoms with Gasteiger partial charge in [0.1, 0.15) is 5.82 Å². The highest BCUT2D eigenvalue weighted by atomic mass is 32.1. The number of thiophene rings is 1. The highest BCUT2D eigenvalue weighted by Crippen LogP contribution is 2.49. The van der Waals surface area contributed by atoms with Crippen molar-refractivity contribution < 1.29 is 0 Å². The van der Waals surface area contributed by atoms with Gasteiger partial charge in [0.2, 0.25) is 0 Å². The molecule has 4 heterocycles. The minimum atomic E-state index is -0.0563. The zero-order chi connectivity index (χ0) is 37.5. The van der Waals surface area contributed by atoms with Crippen molar-refractivity contribution in [1.82, 2.24) is 19.1 Å². The van der Waals surface area contributed by atoms with Crippen molar-refractivity contribution in [2.45, 2.75) is 12.3 Å². The molecule has 0 radical (unpaired) electrons. The zero-order valence-electron chi connectivity index (χ0n) is 30.9. The van der Waals surface area contributed by atoms with Crippen LogP contribution in [0.2, 0.25) is 0 Å². The largest absolute Gasteiger partial charge is 0.313 e. The van der Waals surface area contributed by atoms with Gasteiger partial charge in [0, 0.05) is 65.4 Å². The van der Waals surface area contributed by atoms with E-state index in [2.05, 4.69) is 197 Å². The van der Waals surface area contributed by atoms with Crippen LogP contribution in [0.1, 0.15) is 28.6 Å². The summed E-state index contributed by atoms with van der Waals surface area (Å²) >= 11 is 1.88. The fraction of sp³-hybridized carbons (Fsp3) is 0.0385. The van der Waals surface area contributed by atoms with E-state index in [0.717, 1.165) is 40.4 Å². The molecule has 4 aromatic heterocycles. The number of nitrogens with zero attached hydrogens (tertiary/aromatic N) is 4. The lowest BCUT2D eigenvalue weighted by Crippen LogP contribution is -2.14. The quantitative estimate of drug-likeness (QED) is 0.176. The molecule has 0 spiro atoms. The minimum absolute atomic E-state index is 0.0563. The molecular weight excluding hydrogens is 713 g/mol. The Labute approximate surface area is 333 Å². The lowest BCUT2D eigenvalue weighted by atomic mass is 9.89. The molecule has 11 aromatic rings. The fourth-order valence-electron chi connectivity index (χ4n) is 9.11. The Bertz CT molecular complexity index is 3310. The van der Waals surface area contributed by atoms with E-state index in [0.29, 0.717) is 0 Å². The zero-order valence-corrected chi connectivity index (χ0v) is 31.7. The second kappa shape index (κ2) is 12.7. The summed E-state index contributed by atoms with van der Waals surface area (Å²) in [6, 6.07) is 65.3. The summed E-state index contributed by atoms with van der Waals surface area (Å²) in [4.78, 5) is 12.2. The molecule has 1 aliphatic carbocycles. The van der Waals surface area contributed by atoms with E-state index in [-0.39, 0.29) is 5.92 Å². The van der Waals surface area contributed by atoms with Crippen LogP contribution in [0.25, 0.3) is 93.7 Å². The van der Waals surface area contributed by atoms with Crippen molar-refractivity contribution in [2.24, 2.45) is 0 Å². The van der Waals surface area contributed by atoms with E-state index >= 15 is 0 Å². The topological polar surface area (TPSA) is 35.6 Å². The average Bonchev–Trinajstić information content (AvgIpc) is 3.93. The second-order valence-corrected chi connectivity index (χ2v) is 16.0. The molecule has 57 heavy (non-hydrogen) atoms. The lowest BCUT2D eigenvalue weighted by molar-refractivity contribution is 0.758. The van der Waals surface area contributed by atoms with Crippen LogP contribution in [0.15, 0.2) is 182 Å². The number of fused-ring (bicyclic) bond motifs is 9. The molecule has 0 fully saturated rings. The number of hydrogen-bond donors (Lipinski definition) is 0. The van der Waals surface area contributed by atoms with Gasteiger partial charge in [0.05, 0.1) is 39.4 Å². The Hall–Kier alpha value is -7.08. The Morgan fingerprint density at radius 3 is 1.63 bits per heavy atom. The third kappa shape index (κ3) is 5.06. The van der Waals surface area contributed by atoms with Gasteiger partial charge in [-0.05, 0) is 60.2 Å². The molecule has 0 bridgehead atoms. The number of benzene rings is 7. The molecule has 4 nitrogen and oxygen atoms in total. The van der Waals surface area contributed by atoms with Crippen molar-refractivity contribution in [2.75, 3.05) is 0 Å². The summed E-state index contributed by atoms with van der Waals surface area (Å²) in [5.74, 6) is 0.792. The van der Waals surface area contributed by atoms with Crippen molar-refractivity contribution in [3.63, 3.8) is 0 Å². The van der Waals surface area contributed by atoms with Crippen LogP contribution in [0.4, 0.5) is 0 Å². The predicted octanol–water partition coefficient (Wildman–Crippen LogP) is 13.8. The number of rotatable bonds is 5. The second-order valence-electron chi connectivity index (χ2n) is 14.9. The number of aromatic nitrogens is 4. The Balaban J connectivity index is 1.13. The monoisotopic (exact) mass is 746 g/mol. The Kier molecular flexibility index (Phi) is 7.19. The summed E-state index contributed by atoms with van der Waals surface area (Å²) in [5.41, 5.74) is 12.5. The molecule has 5 heteroatoms. The predicted molar refractivity (Wildman–Crippen MR) is 239 cm³/mol. The Morgan fingerprint density at radius 2 is 0.982 bits per heavy atom. The van der Waals surface area contributed by atoms with Gasteiger partial charge in [0.25, 0.3) is 0 Å². The van der Waals surface area contributed by atoms with Gasteiger partial charge in [-0.15, -0.1) is 11.3 Å². The van der Waals surface area contributed by atoms with Crippen LogP contribution >= 0.6 is 11.3 Å². The lowest BCUT2D eigenvalue weighted by Gasteiger charge is -2.25. The first kappa shape index (κ1) is 32.2. The van der Waals surface area contributed by atoms with Crippen molar-refractivity contribution in [3.05, 3.63) is 198 Å². The van der Waals surface area contributed by atoms with Gasteiger partial charge >= 0.3 is 0 Å². The molecule has 268 valence electrons. The fourth-order valence-corrected chi connectivity index (χ4v) is 10.4. The number of allylic oxidation sites excluding steroid dienone is 1. The van der Waals surface area contributed by atoms with Crippen LogP contribution in [0.3, 0.4) is 0 Å². The van der Waals surface area contributed by atoms with E-state index in [9.17, 15) is 0 Å². The first-order valence-corrected chi connectivity index (χ1v) is 20.3. The molecule has 1 atom stereocenters. The van der Waals surface area contributed by atoms with Gasteiger partial charge in [-0.25, -0.2) is 9.97 Å². The van der Waals surface area contributed by atoms with E-state index in [1.807, 2.05) is 11.3 Å². The molecule has 7 aromatic carbocycles. The summed E-state index contributed by atoms with van der Waals surface area (Å²) in [6.07, 6.45) is 3.20. The Morgan fingerprint density at radius 1 is 0.456 bits per heavy atom. The molecule has 0 amide bonds. The van der Waals surface area contributed by atoms with Crippen LogP contribution in [0, 0.1) is 0 Å². The first-order valence-electron chi connectivity index (χ1n) is 19.5. The van der Waals surface area contributed by atoms with Crippen molar-refractivity contribution in [3.8, 4) is 28.2 Å². The summed E-state index contributed by atoms with van der Waals surface area (Å²) in [7, 11) is 0. The number of para-hydroxylation sites is 3. The van der Waals surface area contributed by atoms with E-state index < -0.39 is 0 Å². The van der Waals surface area contributed by atoms with Gasteiger partial charge < -0.3 is 9.13 Å². The van der Waals surface area contributed by atoms with Crippen molar-refractivity contribution in [1.29, 1.82) is 0 Å². The highest BCUT2D eigenvalue weighted by molar-refractivity contribution is 7.19. The molecule has 0 saturated heterocycles. The van der Waals surface area contributed by atoms with E-state index in [4.69, 9.17) is 9.97 Å². The van der Waals surface area contributed by atoms with E-state index in [1.54, 1.807) is 0 Å². The average molecular weight is 747 g/mol. The third-order valence-electron chi connectivity index (χ3n) is 11.7. The summed E-state index contributed by atoms with van der Waals surface area (Å²) < 4.78 is 6.23. The van der Waals surface area contributed by atoms with Crippen LogP contribution in [-0.4, -0.2) is 19.1 Å². The maximum absolute atomic E-state index is 5.43. The summed E-state index contributed by atoms with van der Waals surface area (Å²) in [5, 5.41) is 6.28. The van der Waals surface area contributed by atoms with Gasteiger partial charge in [-0.2, -0.15) is 0 Å². The highest BCUT2D eigenvalue weighted by Gasteiger charge is 2.32. The molecule has 1 aliphatic rings. The molecule has 1 unspecified atom stereocenters. The molecule has 0 N–H and O–H groups in total. The summed E-state index contributed by atoms with van der Waals surface area (Å²) in [6.45, 7) is 0. The molecule has 12 rings (SSSR count). The van der Waals surface area contributed by atoms with E-state index in [1.165, 1.54) is 69.8 Å². The minimum Gasteiger partial charge on any atom is -0.313 e. The van der Waals surface area contributed by atoms with Gasteiger partial charge in [-0.3, -0.25) is 0 Å². The maximum Gasteiger partial charge on any atom is 0.138 e. The van der Waals surface area contributed by atoms with Crippen LogP contribution in [-0.2, 0) is 0 Å². The van der Waals surface area contributed by atoms with Gasteiger partial charge in [-0.1, -0.05) is 133 Å². The van der Waals surface area contributed by atoms with Gasteiger partial charge in [0.15, 0.2) is 0 Å². The van der Waals surface area contributed by atoms with Crippen LogP contribution in [0.5, 0.6) is 0 Å². The molecular formula is C52H34N4S. The molecule has 0 aliphatic heterocycles. The third-order valence-corrected chi connectivity index (χ3v) is 13.0. The first-order chi connectivity index (χ1) is 28.3.